The van der Waals surface area contributed by atoms with Crippen LogP contribution in [0.5, 0.6) is 0 Å². The molecule has 1 aromatic carbocycles. The predicted octanol–water partition coefficient (Wildman–Crippen LogP) is 1.86. The van der Waals surface area contributed by atoms with Crippen molar-refractivity contribution in [3.05, 3.63) is 35.4 Å². The lowest BCUT2D eigenvalue weighted by atomic mass is 9.95. The molecule has 1 saturated heterocycles. The van der Waals surface area contributed by atoms with Gasteiger partial charge in [0.15, 0.2) is 0 Å². The average molecular weight is 291 g/mol. The van der Waals surface area contributed by atoms with Gasteiger partial charge in [0.05, 0.1) is 11.7 Å². The van der Waals surface area contributed by atoms with Gasteiger partial charge in [-0.15, -0.1) is 0 Å². The van der Waals surface area contributed by atoms with E-state index in [1.54, 1.807) is 24.3 Å². The van der Waals surface area contributed by atoms with E-state index in [-0.39, 0.29) is 23.5 Å². The summed E-state index contributed by atoms with van der Waals surface area (Å²) in [5.74, 6) is -0.793. The predicted molar refractivity (Wildman–Crippen MR) is 78.3 cm³/mol. The molecule has 21 heavy (non-hydrogen) atoms. The van der Waals surface area contributed by atoms with Crippen LogP contribution in [0.25, 0.3) is 0 Å². The first kappa shape index (κ1) is 15.5. The van der Waals surface area contributed by atoms with Gasteiger partial charge in [-0.25, -0.2) is 4.79 Å². The maximum Gasteiger partial charge on any atom is 0.335 e. The van der Waals surface area contributed by atoms with E-state index in [0.29, 0.717) is 19.6 Å². The van der Waals surface area contributed by atoms with Crippen LogP contribution in [-0.4, -0.2) is 36.2 Å². The van der Waals surface area contributed by atoms with Gasteiger partial charge in [-0.2, -0.15) is 0 Å². The van der Waals surface area contributed by atoms with E-state index < -0.39 is 5.97 Å². The van der Waals surface area contributed by atoms with E-state index in [1.165, 1.54) is 0 Å². The first-order valence-electron chi connectivity index (χ1n) is 7.28. The molecule has 5 nitrogen and oxygen atoms in total. The molecule has 0 bridgehead atoms. The zero-order valence-corrected chi connectivity index (χ0v) is 12.2. The molecular formula is C16H21NO4. The van der Waals surface area contributed by atoms with Crippen molar-refractivity contribution in [2.75, 3.05) is 13.2 Å². The third-order valence-electron chi connectivity index (χ3n) is 3.77. The molecule has 1 heterocycles. The number of carboxylic acid groups (broad SMARTS) is 1. The van der Waals surface area contributed by atoms with Crippen LogP contribution in [0.15, 0.2) is 24.3 Å². The molecule has 2 unspecified atom stereocenters. The maximum atomic E-state index is 12.0. The standard InChI is InChI=1S/C16H21NO4/c1-11-10-14(7-9-21-11)15(18)17-8-6-12-2-4-13(5-3-12)16(19)20/h2-5,11,14H,6-10H2,1H3,(H,17,18)(H,19,20). The number of rotatable bonds is 5. The monoisotopic (exact) mass is 291 g/mol. The van der Waals surface area contributed by atoms with Gasteiger partial charge in [-0.05, 0) is 43.9 Å². The van der Waals surface area contributed by atoms with Gasteiger partial charge in [0.2, 0.25) is 5.91 Å². The number of hydrogen-bond donors (Lipinski definition) is 2. The van der Waals surface area contributed by atoms with Crippen LogP contribution in [0.4, 0.5) is 0 Å². The molecule has 114 valence electrons. The molecule has 0 saturated carbocycles. The van der Waals surface area contributed by atoms with Crippen molar-refractivity contribution in [2.24, 2.45) is 5.92 Å². The maximum absolute atomic E-state index is 12.0. The highest BCUT2D eigenvalue weighted by molar-refractivity contribution is 5.87. The second-order valence-electron chi connectivity index (χ2n) is 5.45. The second kappa shape index (κ2) is 7.22. The molecule has 0 radical (unpaired) electrons. The Bertz CT molecular complexity index is 498. The van der Waals surface area contributed by atoms with Crippen molar-refractivity contribution in [3.63, 3.8) is 0 Å². The highest BCUT2D eigenvalue weighted by Crippen LogP contribution is 2.19. The number of aromatic carboxylic acids is 1. The first-order valence-corrected chi connectivity index (χ1v) is 7.28. The molecule has 1 aliphatic heterocycles. The fourth-order valence-corrected chi connectivity index (χ4v) is 2.52. The van der Waals surface area contributed by atoms with Crippen molar-refractivity contribution in [3.8, 4) is 0 Å². The largest absolute Gasteiger partial charge is 0.478 e. The minimum absolute atomic E-state index is 0.0446. The fourth-order valence-electron chi connectivity index (χ4n) is 2.52. The molecular weight excluding hydrogens is 270 g/mol. The van der Waals surface area contributed by atoms with Crippen LogP contribution < -0.4 is 5.32 Å². The highest BCUT2D eigenvalue weighted by Gasteiger charge is 2.25. The molecule has 2 N–H and O–H groups in total. The SMILES string of the molecule is CC1CC(C(=O)NCCc2ccc(C(=O)O)cc2)CCO1. The van der Waals surface area contributed by atoms with Crippen LogP contribution in [0, 0.1) is 5.92 Å². The average Bonchev–Trinajstić information content (AvgIpc) is 2.47. The number of ether oxygens (including phenoxy) is 1. The molecule has 1 fully saturated rings. The molecule has 2 atom stereocenters. The van der Waals surface area contributed by atoms with E-state index in [4.69, 9.17) is 9.84 Å². The van der Waals surface area contributed by atoms with E-state index in [1.807, 2.05) is 6.92 Å². The lowest BCUT2D eigenvalue weighted by molar-refractivity contribution is -0.129. The van der Waals surface area contributed by atoms with Crippen LogP contribution in [0.3, 0.4) is 0 Å². The van der Waals surface area contributed by atoms with Crippen LogP contribution in [0.2, 0.25) is 0 Å². The summed E-state index contributed by atoms with van der Waals surface area (Å²) in [5.41, 5.74) is 1.29. The summed E-state index contributed by atoms with van der Waals surface area (Å²) in [5, 5.41) is 11.8. The molecule has 1 amide bonds. The topological polar surface area (TPSA) is 75.6 Å². The number of amides is 1. The van der Waals surface area contributed by atoms with Crippen LogP contribution >= 0.6 is 0 Å². The number of carbonyl (C=O) groups is 2. The Kier molecular flexibility index (Phi) is 5.33. The first-order chi connectivity index (χ1) is 10.1. The van der Waals surface area contributed by atoms with Crippen LogP contribution in [0.1, 0.15) is 35.7 Å². The van der Waals surface area contributed by atoms with Crippen molar-refractivity contribution in [2.45, 2.75) is 32.3 Å². The van der Waals surface area contributed by atoms with Gasteiger partial charge < -0.3 is 15.2 Å². The molecule has 5 heteroatoms. The third-order valence-corrected chi connectivity index (χ3v) is 3.77. The van der Waals surface area contributed by atoms with E-state index in [0.717, 1.165) is 18.4 Å². The number of benzene rings is 1. The Labute approximate surface area is 124 Å². The smallest absolute Gasteiger partial charge is 0.335 e. The lowest BCUT2D eigenvalue weighted by Gasteiger charge is -2.26. The molecule has 0 aromatic heterocycles. The minimum Gasteiger partial charge on any atom is -0.478 e. The Morgan fingerprint density at radius 3 is 2.67 bits per heavy atom. The summed E-state index contributed by atoms with van der Waals surface area (Å²) in [7, 11) is 0. The molecule has 0 aliphatic carbocycles. The van der Waals surface area contributed by atoms with Gasteiger partial charge in [-0.1, -0.05) is 12.1 Å². The van der Waals surface area contributed by atoms with Crippen molar-refractivity contribution < 1.29 is 19.4 Å². The quantitative estimate of drug-likeness (QED) is 0.868. The highest BCUT2D eigenvalue weighted by atomic mass is 16.5. The summed E-state index contributed by atoms with van der Waals surface area (Å²) in [6.07, 6.45) is 2.41. The Morgan fingerprint density at radius 1 is 1.33 bits per heavy atom. The van der Waals surface area contributed by atoms with E-state index in [9.17, 15) is 9.59 Å². The Morgan fingerprint density at radius 2 is 2.05 bits per heavy atom. The van der Waals surface area contributed by atoms with E-state index >= 15 is 0 Å². The molecule has 1 aromatic rings. The summed E-state index contributed by atoms with van der Waals surface area (Å²) >= 11 is 0. The normalized spacial score (nSPS) is 21.8. The van der Waals surface area contributed by atoms with Gasteiger partial charge in [-0.3, -0.25) is 4.79 Å². The molecule has 0 spiro atoms. The van der Waals surface area contributed by atoms with Crippen molar-refractivity contribution in [1.29, 1.82) is 0 Å². The summed E-state index contributed by atoms with van der Waals surface area (Å²) in [6, 6.07) is 6.73. The third kappa shape index (κ3) is 4.56. The minimum atomic E-state index is -0.927. The fraction of sp³-hybridized carbons (Fsp3) is 0.500. The zero-order valence-electron chi connectivity index (χ0n) is 12.2. The Balaban J connectivity index is 1.75. The van der Waals surface area contributed by atoms with Crippen molar-refractivity contribution in [1.82, 2.24) is 5.32 Å². The zero-order chi connectivity index (χ0) is 15.2. The summed E-state index contributed by atoms with van der Waals surface area (Å²) < 4.78 is 5.43. The number of nitrogens with one attached hydrogen (secondary N) is 1. The molecule has 2 rings (SSSR count). The van der Waals surface area contributed by atoms with Gasteiger partial charge >= 0.3 is 5.97 Å². The number of carbonyl (C=O) groups excluding carboxylic acids is 1. The van der Waals surface area contributed by atoms with E-state index in [2.05, 4.69) is 5.32 Å². The van der Waals surface area contributed by atoms with Crippen LogP contribution in [-0.2, 0) is 16.0 Å². The second-order valence-corrected chi connectivity index (χ2v) is 5.45. The summed E-state index contributed by atoms with van der Waals surface area (Å²) in [4.78, 5) is 22.8. The van der Waals surface area contributed by atoms with Gasteiger partial charge in [0, 0.05) is 19.1 Å². The van der Waals surface area contributed by atoms with Gasteiger partial charge in [0.1, 0.15) is 0 Å². The van der Waals surface area contributed by atoms with Gasteiger partial charge in [0.25, 0.3) is 0 Å². The Hall–Kier alpha value is -1.88. The lowest BCUT2D eigenvalue weighted by Crippen LogP contribution is -2.37. The number of hydrogen-bond acceptors (Lipinski definition) is 3. The molecule has 1 aliphatic rings. The summed E-state index contributed by atoms with van der Waals surface area (Å²) in [6.45, 7) is 3.20. The number of carboxylic acids is 1. The van der Waals surface area contributed by atoms with Crippen molar-refractivity contribution >= 4 is 11.9 Å².